The Morgan fingerprint density at radius 1 is 2.00 bits per heavy atom. The topological polar surface area (TPSA) is 56.4 Å². The van der Waals surface area contributed by atoms with E-state index in [9.17, 15) is 0 Å². The number of oxime groups is 1. The van der Waals surface area contributed by atoms with E-state index in [0.29, 0.717) is 0 Å². The standard InChI is InChI=1S/C2H2N2O.Na.H/c3-1-2-4-5;;/h2,5H;;/q;+1;-1. The maximum absolute atomic E-state index is 7.51. The van der Waals surface area contributed by atoms with Crippen molar-refractivity contribution >= 4 is 6.21 Å². The Morgan fingerprint density at radius 2 is 2.50 bits per heavy atom. The number of rotatable bonds is 0. The maximum atomic E-state index is 7.51. The fourth-order valence-electron chi connectivity index (χ4n) is 0.0258. The van der Waals surface area contributed by atoms with E-state index in [0.717, 1.165) is 6.21 Å². The molecule has 0 bridgehead atoms. The Balaban J connectivity index is -0.0000000800. The smallest absolute Gasteiger partial charge is 1.00 e. The average molecular weight is 94.0 g/mol. The number of hydrogen-bond donors (Lipinski definition) is 1. The molecule has 6 heavy (non-hydrogen) atoms. The first-order valence-corrected chi connectivity index (χ1v) is 0.970. The van der Waals surface area contributed by atoms with Crippen molar-refractivity contribution in [1.82, 2.24) is 0 Å². The normalized spacial score (nSPS) is 6.50. The molecule has 0 aromatic rings. The van der Waals surface area contributed by atoms with E-state index >= 15 is 0 Å². The van der Waals surface area contributed by atoms with E-state index in [4.69, 9.17) is 10.5 Å². The molecule has 0 aliphatic rings. The second-order valence-electron chi connectivity index (χ2n) is 0.374. The van der Waals surface area contributed by atoms with Gasteiger partial charge in [0.25, 0.3) is 0 Å². The van der Waals surface area contributed by atoms with E-state index < -0.39 is 0 Å². The summed E-state index contributed by atoms with van der Waals surface area (Å²) >= 11 is 0. The largest absolute Gasteiger partial charge is 1.00 e. The van der Waals surface area contributed by atoms with Gasteiger partial charge in [0.05, 0.1) is 0 Å². The van der Waals surface area contributed by atoms with Crippen molar-refractivity contribution in [3.63, 3.8) is 0 Å². The van der Waals surface area contributed by atoms with Crippen LogP contribution in [0.1, 0.15) is 1.43 Å². The molecule has 0 aliphatic carbocycles. The van der Waals surface area contributed by atoms with Crippen molar-refractivity contribution in [2.24, 2.45) is 5.16 Å². The van der Waals surface area contributed by atoms with Crippen LogP contribution in [0.15, 0.2) is 5.16 Å². The summed E-state index contributed by atoms with van der Waals surface area (Å²) < 4.78 is 0. The zero-order chi connectivity index (χ0) is 4.12. The van der Waals surface area contributed by atoms with Crippen LogP contribution in [0.25, 0.3) is 0 Å². The van der Waals surface area contributed by atoms with Crippen LogP contribution >= 0.6 is 0 Å². The van der Waals surface area contributed by atoms with Crippen molar-refractivity contribution in [3.8, 4) is 6.07 Å². The molecule has 0 amide bonds. The fourth-order valence-corrected chi connectivity index (χ4v) is 0.0258. The molecule has 3 nitrogen and oxygen atoms in total. The molecule has 0 aliphatic heterocycles. The van der Waals surface area contributed by atoms with E-state index in [1.807, 2.05) is 0 Å². The zero-order valence-corrected chi connectivity index (χ0v) is 5.42. The minimum atomic E-state index is 0. The fraction of sp³-hybridized carbons (Fsp3) is 0. The molecule has 1 N–H and O–H groups in total. The monoisotopic (exact) mass is 94.0 g/mol. The minimum absolute atomic E-state index is 0. The summed E-state index contributed by atoms with van der Waals surface area (Å²) in [5.74, 6) is 0. The van der Waals surface area contributed by atoms with Crippen LogP contribution in [0.4, 0.5) is 0 Å². The Morgan fingerprint density at radius 3 is 2.50 bits per heavy atom. The molecule has 4 heteroatoms. The molecule has 28 valence electrons. The van der Waals surface area contributed by atoms with Gasteiger partial charge in [-0.3, -0.25) is 0 Å². The summed E-state index contributed by atoms with van der Waals surface area (Å²) in [6.45, 7) is 0. The van der Waals surface area contributed by atoms with Gasteiger partial charge in [0, 0.05) is 0 Å². The van der Waals surface area contributed by atoms with Crippen molar-refractivity contribution in [1.29, 1.82) is 5.26 Å². The quantitative estimate of drug-likeness (QED) is 0.151. The molecule has 0 aromatic heterocycles. The Labute approximate surface area is 59.0 Å². The van der Waals surface area contributed by atoms with Gasteiger partial charge in [0.15, 0.2) is 0 Å². The first kappa shape index (κ1) is 9.35. The molecule has 0 radical (unpaired) electrons. The minimum Gasteiger partial charge on any atom is -1.00 e. The summed E-state index contributed by atoms with van der Waals surface area (Å²) in [5.41, 5.74) is 0. The van der Waals surface area contributed by atoms with Gasteiger partial charge in [-0.2, -0.15) is 5.26 Å². The second-order valence-corrected chi connectivity index (χ2v) is 0.374. The van der Waals surface area contributed by atoms with Crippen LogP contribution in [-0.4, -0.2) is 11.4 Å². The summed E-state index contributed by atoms with van der Waals surface area (Å²) in [4.78, 5) is 0. The third-order valence-electron chi connectivity index (χ3n) is 0.115. The summed E-state index contributed by atoms with van der Waals surface area (Å²) in [6.07, 6.45) is 0.736. The van der Waals surface area contributed by atoms with Crippen molar-refractivity contribution in [3.05, 3.63) is 0 Å². The third kappa shape index (κ3) is 9.03. The first-order chi connectivity index (χ1) is 2.41. The molecule has 0 saturated heterocycles. The van der Waals surface area contributed by atoms with Gasteiger partial charge in [-0.1, -0.05) is 5.16 Å². The predicted molar refractivity (Wildman–Crippen MR) is 17.0 cm³/mol. The van der Waals surface area contributed by atoms with Crippen molar-refractivity contribution in [2.75, 3.05) is 0 Å². The molecule has 0 atom stereocenters. The Kier molecular flexibility index (Phi) is 13.8. The van der Waals surface area contributed by atoms with E-state index in [2.05, 4.69) is 5.16 Å². The Hall–Kier alpha value is -0.0400. The van der Waals surface area contributed by atoms with Gasteiger partial charge in [-0.05, 0) is 0 Å². The van der Waals surface area contributed by atoms with Crippen LogP contribution in [-0.2, 0) is 0 Å². The van der Waals surface area contributed by atoms with E-state index in [-0.39, 0.29) is 31.0 Å². The molecule has 0 aromatic carbocycles. The maximum Gasteiger partial charge on any atom is 1.00 e. The van der Waals surface area contributed by atoms with Gasteiger partial charge in [-0.15, -0.1) is 0 Å². The van der Waals surface area contributed by atoms with Crippen LogP contribution in [0, 0.1) is 11.3 Å². The number of nitriles is 1. The van der Waals surface area contributed by atoms with Gasteiger partial charge >= 0.3 is 29.6 Å². The molecule has 0 spiro atoms. The van der Waals surface area contributed by atoms with Crippen LogP contribution in [0.2, 0.25) is 0 Å². The molecule has 0 unspecified atom stereocenters. The van der Waals surface area contributed by atoms with Crippen LogP contribution < -0.4 is 29.6 Å². The summed E-state index contributed by atoms with van der Waals surface area (Å²) in [6, 6.07) is 1.48. The number of hydrogen-bond acceptors (Lipinski definition) is 3. The van der Waals surface area contributed by atoms with Gasteiger partial charge in [-0.25, -0.2) is 0 Å². The molecule has 0 saturated carbocycles. The third-order valence-corrected chi connectivity index (χ3v) is 0.115. The summed E-state index contributed by atoms with van der Waals surface area (Å²) in [5, 5.41) is 17.3. The van der Waals surface area contributed by atoms with Gasteiger partial charge in [0.1, 0.15) is 12.3 Å². The first-order valence-electron chi connectivity index (χ1n) is 0.970. The molecule has 0 fully saturated rings. The molecule has 0 heterocycles. The van der Waals surface area contributed by atoms with Crippen molar-refractivity contribution < 1.29 is 36.2 Å². The van der Waals surface area contributed by atoms with E-state index in [1.54, 1.807) is 0 Å². The van der Waals surface area contributed by atoms with Crippen molar-refractivity contribution in [2.45, 2.75) is 0 Å². The molecular formula is C2H3N2NaO. The van der Waals surface area contributed by atoms with Gasteiger partial charge in [0.2, 0.25) is 0 Å². The van der Waals surface area contributed by atoms with Crippen LogP contribution in [0.3, 0.4) is 0 Å². The van der Waals surface area contributed by atoms with Gasteiger partial charge < -0.3 is 6.63 Å². The molecular weight excluding hydrogens is 91.0 g/mol. The Bertz CT molecular complexity index is 78.2. The van der Waals surface area contributed by atoms with E-state index in [1.165, 1.54) is 6.07 Å². The average Bonchev–Trinajstić information content (AvgIpc) is 1.41. The zero-order valence-electron chi connectivity index (χ0n) is 4.42. The predicted octanol–water partition coefficient (Wildman–Crippen LogP) is -2.91. The SMILES string of the molecule is N#CC=NO.[H-].[Na+]. The van der Waals surface area contributed by atoms with Crippen LogP contribution in [0.5, 0.6) is 0 Å². The molecule has 0 rings (SSSR count). The summed E-state index contributed by atoms with van der Waals surface area (Å²) in [7, 11) is 0. The second kappa shape index (κ2) is 8.88. The number of nitrogens with zero attached hydrogens (tertiary/aromatic N) is 2.